The second kappa shape index (κ2) is 7.18. The number of carbonyl (C=O) groups excluding carboxylic acids is 1. The topological polar surface area (TPSA) is 65.2 Å². The summed E-state index contributed by atoms with van der Waals surface area (Å²) < 4.78 is 0. The molecule has 1 saturated heterocycles. The van der Waals surface area contributed by atoms with E-state index in [9.17, 15) is 9.59 Å². The van der Waals surface area contributed by atoms with Crippen LogP contribution in [-0.4, -0.2) is 41.5 Å². The van der Waals surface area contributed by atoms with Crippen LogP contribution in [0.3, 0.4) is 0 Å². The van der Waals surface area contributed by atoms with Crippen LogP contribution in [0.25, 0.3) is 10.9 Å². The van der Waals surface area contributed by atoms with Crippen molar-refractivity contribution in [1.29, 1.82) is 0 Å². The molecule has 2 heterocycles. The van der Waals surface area contributed by atoms with Gasteiger partial charge in [-0.05, 0) is 45.2 Å². The maximum atomic E-state index is 12.7. The Bertz CT molecular complexity index is 797. The number of benzene rings is 1. The Morgan fingerprint density at radius 3 is 2.88 bits per heavy atom. The molecular formula is C19H25N3O2. The Balaban J connectivity index is 1.75. The van der Waals surface area contributed by atoms with Crippen molar-refractivity contribution in [3.05, 3.63) is 45.7 Å². The van der Waals surface area contributed by atoms with Crippen LogP contribution in [0.4, 0.5) is 0 Å². The third kappa shape index (κ3) is 3.51. The van der Waals surface area contributed by atoms with Crippen LogP contribution in [0.5, 0.6) is 0 Å². The minimum Gasteiger partial charge on any atom is -0.358 e. The number of carbonyl (C=O) groups is 1. The number of hydrogen-bond acceptors (Lipinski definition) is 3. The summed E-state index contributed by atoms with van der Waals surface area (Å²) in [7, 11) is 0. The smallest absolute Gasteiger partial charge is 0.234 e. The van der Waals surface area contributed by atoms with Crippen LogP contribution < -0.4 is 10.7 Å². The SMILES string of the molecule is Cc1[nH]c2ccccc2c(=O)c1CC[C@@H](C)N1CCCNC(=O)C1. The third-order valence-electron chi connectivity index (χ3n) is 4.95. The van der Waals surface area contributed by atoms with Gasteiger partial charge < -0.3 is 10.3 Å². The fraction of sp³-hybridized carbons (Fsp3) is 0.474. The van der Waals surface area contributed by atoms with E-state index in [2.05, 4.69) is 22.1 Å². The highest BCUT2D eigenvalue weighted by Crippen LogP contribution is 2.15. The van der Waals surface area contributed by atoms with Gasteiger partial charge in [-0.15, -0.1) is 0 Å². The van der Waals surface area contributed by atoms with Crippen LogP contribution in [0.1, 0.15) is 31.0 Å². The van der Waals surface area contributed by atoms with Gasteiger partial charge in [0, 0.05) is 41.3 Å². The van der Waals surface area contributed by atoms with E-state index in [1.165, 1.54) is 0 Å². The van der Waals surface area contributed by atoms with Crippen molar-refractivity contribution in [3.8, 4) is 0 Å². The number of aryl methyl sites for hydroxylation is 1. The van der Waals surface area contributed by atoms with Crippen LogP contribution in [0.2, 0.25) is 0 Å². The molecule has 2 N–H and O–H groups in total. The summed E-state index contributed by atoms with van der Waals surface area (Å²) >= 11 is 0. The van der Waals surface area contributed by atoms with E-state index >= 15 is 0 Å². The highest BCUT2D eigenvalue weighted by atomic mass is 16.2. The average molecular weight is 327 g/mol. The monoisotopic (exact) mass is 327 g/mol. The molecule has 0 unspecified atom stereocenters. The molecule has 5 heteroatoms. The summed E-state index contributed by atoms with van der Waals surface area (Å²) in [5.74, 6) is 0.0964. The summed E-state index contributed by atoms with van der Waals surface area (Å²) in [5.41, 5.74) is 2.82. The fourth-order valence-corrected chi connectivity index (χ4v) is 3.44. The van der Waals surface area contributed by atoms with Crippen molar-refractivity contribution >= 4 is 16.8 Å². The van der Waals surface area contributed by atoms with Crippen molar-refractivity contribution in [2.45, 2.75) is 39.2 Å². The molecule has 3 rings (SSSR count). The number of aromatic nitrogens is 1. The van der Waals surface area contributed by atoms with Gasteiger partial charge in [-0.3, -0.25) is 14.5 Å². The average Bonchev–Trinajstić information content (AvgIpc) is 2.79. The molecule has 5 nitrogen and oxygen atoms in total. The van der Waals surface area contributed by atoms with E-state index in [0.29, 0.717) is 6.54 Å². The Morgan fingerprint density at radius 1 is 1.25 bits per heavy atom. The quantitative estimate of drug-likeness (QED) is 0.902. The first-order valence-electron chi connectivity index (χ1n) is 8.67. The summed E-state index contributed by atoms with van der Waals surface area (Å²) in [6.07, 6.45) is 2.58. The second-order valence-corrected chi connectivity index (χ2v) is 6.66. The lowest BCUT2D eigenvalue weighted by Gasteiger charge is -2.26. The molecule has 0 saturated carbocycles. The molecular weight excluding hydrogens is 302 g/mol. The van der Waals surface area contributed by atoms with Gasteiger partial charge in [-0.1, -0.05) is 12.1 Å². The molecule has 0 aliphatic carbocycles. The summed E-state index contributed by atoms with van der Waals surface area (Å²) in [6, 6.07) is 7.92. The fourth-order valence-electron chi connectivity index (χ4n) is 3.44. The van der Waals surface area contributed by atoms with Crippen molar-refractivity contribution in [3.63, 3.8) is 0 Å². The molecule has 1 fully saturated rings. The number of rotatable bonds is 4. The first kappa shape index (κ1) is 16.7. The van der Waals surface area contributed by atoms with Crippen molar-refractivity contribution < 1.29 is 4.79 Å². The van der Waals surface area contributed by atoms with Gasteiger partial charge in [0.2, 0.25) is 5.91 Å². The number of pyridine rings is 1. The molecule has 0 radical (unpaired) electrons. The van der Waals surface area contributed by atoms with Gasteiger partial charge in [-0.25, -0.2) is 0 Å². The normalized spacial score (nSPS) is 17.5. The van der Waals surface area contributed by atoms with Gasteiger partial charge in [0.1, 0.15) is 0 Å². The number of H-pyrrole nitrogens is 1. The van der Waals surface area contributed by atoms with E-state index in [1.807, 2.05) is 31.2 Å². The number of aromatic amines is 1. The molecule has 1 atom stereocenters. The molecule has 1 aromatic carbocycles. The summed E-state index contributed by atoms with van der Waals surface area (Å²) in [6.45, 7) is 6.24. The second-order valence-electron chi connectivity index (χ2n) is 6.66. The number of nitrogens with one attached hydrogen (secondary N) is 2. The van der Waals surface area contributed by atoms with Gasteiger partial charge in [0.25, 0.3) is 0 Å². The van der Waals surface area contributed by atoms with Crippen LogP contribution in [-0.2, 0) is 11.2 Å². The molecule has 2 aromatic rings. The number of fused-ring (bicyclic) bond motifs is 1. The van der Waals surface area contributed by atoms with E-state index < -0.39 is 0 Å². The number of amides is 1. The Labute approximate surface area is 142 Å². The molecule has 0 bridgehead atoms. The van der Waals surface area contributed by atoms with E-state index in [-0.39, 0.29) is 17.4 Å². The van der Waals surface area contributed by atoms with Crippen molar-refractivity contribution in [2.75, 3.05) is 19.6 Å². The Morgan fingerprint density at radius 2 is 2.04 bits per heavy atom. The maximum absolute atomic E-state index is 12.7. The molecule has 1 amide bonds. The van der Waals surface area contributed by atoms with Gasteiger partial charge in [-0.2, -0.15) is 0 Å². The van der Waals surface area contributed by atoms with Crippen LogP contribution in [0.15, 0.2) is 29.1 Å². The number of para-hydroxylation sites is 1. The number of hydrogen-bond donors (Lipinski definition) is 2. The van der Waals surface area contributed by atoms with Gasteiger partial charge in [0.15, 0.2) is 5.43 Å². The van der Waals surface area contributed by atoms with Gasteiger partial charge >= 0.3 is 0 Å². The first-order chi connectivity index (χ1) is 11.6. The lowest BCUT2D eigenvalue weighted by molar-refractivity contribution is -0.121. The zero-order valence-corrected chi connectivity index (χ0v) is 14.4. The third-order valence-corrected chi connectivity index (χ3v) is 4.95. The lowest BCUT2D eigenvalue weighted by Crippen LogP contribution is -2.39. The van der Waals surface area contributed by atoms with Crippen LogP contribution >= 0.6 is 0 Å². The number of nitrogens with zero attached hydrogens (tertiary/aromatic N) is 1. The molecule has 1 aliphatic rings. The van der Waals surface area contributed by atoms with E-state index in [4.69, 9.17) is 0 Å². The maximum Gasteiger partial charge on any atom is 0.234 e. The predicted octanol–water partition coefficient (Wildman–Crippen LogP) is 1.98. The lowest BCUT2D eigenvalue weighted by atomic mass is 10.0. The standard InChI is InChI=1S/C19H25N3O2/c1-13(22-11-5-10-20-18(23)12-22)8-9-15-14(2)21-17-7-4-3-6-16(17)19(15)24/h3-4,6-7,13H,5,8-12H2,1-2H3,(H,20,23)(H,21,24)/t13-/m1/s1. The van der Waals surface area contributed by atoms with Crippen LogP contribution in [0, 0.1) is 6.92 Å². The minimum atomic E-state index is 0.0964. The largest absolute Gasteiger partial charge is 0.358 e. The minimum absolute atomic E-state index is 0.0964. The molecule has 128 valence electrons. The van der Waals surface area contributed by atoms with E-state index in [1.54, 1.807) is 0 Å². The molecule has 24 heavy (non-hydrogen) atoms. The highest BCUT2D eigenvalue weighted by Gasteiger charge is 2.20. The summed E-state index contributed by atoms with van der Waals surface area (Å²) in [4.78, 5) is 30.0. The molecule has 0 spiro atoms. The predicted molar refractivity (Wildman–Crippen MR) is 96.3 cm³/mol. The Kier molecular flexibility index (Phi) is 5.00. The van der Waals surface area contributed by atoms with Gasteiger partial charge in [0.05, 0.1) is 6.54 Å². The zero-order chi connectivity index (χ0) is 17.1. The first-order valence-corrected chi connectivity index (χ1v) is 8.67. The zero-order valence-electron chi connectivity index (χ0n) is 14.4. The summed E-state index contributed by atoms with van der Waals surface area (Å²) in [5, 5.41) is 3.66. The van der Waals surface area contributed by atoms with E-state index in [0.717, 1.165) is 54.5 Å². The van der Waals surface area contributed by atoms with Crippen molar-refractivity contribution in [2.24, 2.45) is 0 Å². The Hall–Kier alpha value is -2.14. The highest BCUT2D eigenvalue weighted by molar-refractivity contribution is 5.79. The molecule has 1 aromatic heterocycles. The van der Waals surface area contributed by atoms with Crippen molar-refractivity contribution in [1.82, 2.24) is 15.2 Å². The molecule has 1 aliphatic heterocycles.